The molecule has 0 saturated carbocycles. The summed E-state index contributed by atoms with van der Waals surface area (Å²) in [5.74, 6) is 0.196. The number of nitrogens with zero attached hydrogens (tertiary/aromatic N) is 6. The van der Waals surface area contributed by atoms with Crippen molar-refractivity contribution in [3.63, 3.8) is 0 Å². The summed E-state index contributed by atoms with van der Waals surface area (Å²) >= 11 is 0. The minimum atomic E-state index is -0.815. The van der Waals surface area contributed by atoms with Crippen molar-refractivity contribution < 1.29 is 23.4 Å². The minimum absolute atomic E-state index is 0.111. The number of rotatable bonds is 8. The fourth-order valence-corrected chi connectivity index (χ4v) is 6.46. The molecule has 0 N–H and O–H groups in total. The highest BCUT2D eigenvalue weighted by Gasteiger charge is 2.42. The van der Waals surface area contributed by atoms with E-state index in [-0.39, 0.29) is 23.7 Å². The monoisotopic (exact) mass is 568 g/mol. The number of carbonyl (C=O) groups is 1. The van der Waals surface area contributed by atoms with Gasteiger partial charge in [-0.1, -0.05) is 6.08 Å². The van der Waals surface area contributed by atoms with Crippen molar-refractivity contribution in [3.05, 3.63) is 42.2 Å². The molecule has 10 nitrogen and oxygen atoms in total. The molecule has 6 rings (SSSR count). The number of piperidine rings is 1. The molecule has 1 amide bonds. The molecule has 41 heavy (non-hydrogen) atoms. The number of ether oxygens (including phenoxy) is 3. The van der Waals surface area contributed by atoms with Crippen LogP contribution < -0.4 is 4.90 Å². The first kappa shape index (κ1) is 28.1. The number of likely N-dealkylation sites (tertiary alicyclic amines) is 1. The number of fused-ring (bicyclic) bond motifs is 1. The van der Waals surface area contributed by atoms with Gasteiger partial charge in [-0.2, -0.15) is 5.10 Å². The maximum atomic E-state index is 13.6. The maximum absolute atomic E-state index is 13.6. The van der Waals surface area contributed by atoms with Crippen LogP contribution in [0.1, 0.15) is 32.3 Å². The molecule has 6 heterocycles. The summed E-state index contributed by atoms with van der Waals surface area (Å²) in [5.41, 5.74) is 3.83. The number of hydrogen-bond acceptors (Lipinski definition) is 8. The van der Waals surface area contributed by atoms with E-state index in [1.54, 1.807) is 11.8 Å². The minimum Gasteiger partial charge on any atom is -0.441 e. The van der Waals surface area contributed by atoms with Crippen LogP contribution in [0.5, 0.6) is 0 Å². The highest BCUT2D eigenvalue weighted by molar-refractivity contribution is 6.10. The third-order valence-corrected chi connectivity index (χ3v) is 8.80. The van der Waals surface area contributed by atoms with Crippen molar-refractivity contribution >= 4 is 23.0 Å². The third kappa shape index (κ3) is 5.98. The Morgan fingerprint density at radius 2 is 1.98 bits per heavy atom. The lowest BCUT2D eigenvalue weighted by Gasteiger charge is -2.45. The second-order valence-electron chi connectivity index (χ2n) is 11.6. The predicted octanol–water partition coefficient (Wildman–Crippen LogP) is 3.20. The van der Waals surface area contributed by atoms with Crippen LogP contribution in [0.4, 0.5) is 14.9 Å². The van der Waals surface area contributed by atoms with E-state index in [4.69, 9.17) is 19.2 Å². The molecular formula is C30H41FN6O4. The average molecular weight is 569 g/mol. The molecule has 3 fully saturated rings. The summed E-state index contributed by atoms with van der Waals surface area (Å²) in [7, 11) is 0. The summed E-state index contributed by atoms with van der Waals surface area (Å²) in [6.07, 6.45) is 8.83. The molecule has 2 atom stereocenters. The number of amides is 1. The summed E-state index contributed by atoms with van der Waals surface area (Å²) in [5, 5.41) is 4.56. The van der Waals surface area contributed by atoms with Gasteiger partial charge in [0.1, 0.15) is 6.17 Å². The number of allylic oxidation sites excluding steroid dienone is 1. The number of dihydropyridines is 1. The van der Waals surface area contributed by atoms with E-state index in [0.717, 1.165) is 61.5 Å². The van der Waals surface area contributed by atoms with E-state index in [2.05, 4.69) is 33.1 Å². The highest BCUT2D eigenvalue weighted by atomic mass is 19.1. The molecule has 1 unspecified atom stereocenters. The van der Waals surface area contributed by atoms with Crippen molar-refractivity contribution in [2.45, 2.75) is 44.6 Å². The van der Waals surface area contributed by atoms with Crippen LogP contribution in [0.2, 0.25) is 0 Å². The van der Waals surface area contributed by atoms with Gasteiger partial charge in [-0.3, -0.25) is 4.99 Å². The SMILES string of the molecule is CCOC1(C2C=CC(c3cc4c(N5CCN(C(=O)OC6COC6)CC5)ccnn4c3)=NC2)CCN(C[C@H](C)F)CC1. The predicted molar refractivity (Wildman–Crippen MR) is 155 cm³/mol. The lowest BCUT2D eigenvalue weighted by molar-refractivity contribution is -0.105. The molecule has 0 aliphatic carbocycles. The Balaban J connectivity index is 1.11. The van der Waals surface area contributed by atoms with Crippen LogP contribution in [0.15, 0.2) is 41.7 Å². The van der Waals surface area contributed by atoms with Crippen molar-refractivity contribution in [2.75, 3.05) is 77.1 Å². The number of halogens is 1. The van der Waals surface area contributed by atoms with Gasteiger partial charge in [0.2, 0.25) is 0 Å². The molecule has 2 aromatic rings. The molecule has 0 aromatic carbocycles. The quantitative estimate of drug-likeness (QED) is 0.484. The van der Waals surface area contributed by atoms with E-state index in [0.29, 0.717) is 46.0 Å². The summed E-state index contributed by atoms with van der Waals surface area (Å²) < 4.78 is 32.4. The molecule has 11 heteroatoms. The number of aliphatic imine (C=N–C) groups is 1. The summed E-state index contributed by atoms with van der Waals surface area (Å²) in [6.45, 7) is 10.8. The average Bonchev–Trinajstić information content (AvgIpc) is 3.41. The largest absolute Gasteiger partial charge is 0.441 e. The Morgan fingerprint density at radius 3 is 2.61 bits per heavy atom. The first-order valence-electron chi connectivity index (χ1n) is 14.9. The topological polar surface area (TPSA) is 84.1 Å². The van der Waals surface area contributed by atoms with Crippen molar-refractivity contribution in [1.29, 1.82) is 0 Å². The van der Waals surface area contributed by atoms with Crippen LogP contribution >= 0.6 is 0 Å². The van der Waals surface area contributed by atoms with E-state index in [1.165, 1.54) is 0 Å². The molecule has 0 radical (unpaired) electrons. The van der Waals surface area contributed by atoms with E-state index < -0.39 is 6.17 Å². The molecule has 0 bridgehead atoms. The van der Waals surface area contributed by atoms with E-state index in [1.807, 2.05) is 29.9 Å². The zero-order valence-electron chi connectivity index (χ0n) is 24.1. The van der Waals surface area contributed by atoms with Gasteiger partial charge in [-0.05, 0) is 44.9 Å². The summed E-state index contributed by atoms with van der Waals surface area (Å²) in [4.78, 5) is 23.7. The van der Waals surface area contributed by atoms with E-state index >= 15 is 0 Å². The molecule has 4 aliphatic rings. The molecule has 0 spiro atoms. The van der Waals surface area contributed by atoms with Crippen LogP contribution in [-0.4, -0.2) is 121 Å². The first-order valence-corrected chi connectivity index (χ1v) is 14.9. The zero-order chi connectivity index (χ0) is 28.4. The van der Waals surface area contributed by atoms with Crippen LogP contribution in [0, 0.1) is 5.92 Å². The number of hydrogen-bond donors (Lipinski definition) is 0. The van der Waals surface area contributed by atoms with Crippen LogP contribution in [0.3, 0.4) is 0 Å². The van der Waals surface area contributed by atoms with Gasteiger partial charge >= 0.3 is 6.09 Å². The molecule has 4 aliphatic heterocycles. The lowest BCUT2D eigenvalue weighted by Crippen LogP contribution is -2.52. The molecule has 3 saturated heterocycles. The van der Waals surface area contributed by atoms with Gasteiger partial charge < -0.3 is 28.9 Å². The van der Waals surface area contributed by atoms with Crippen LogP contribution in [-0.2, 0) is 14.2 Å². The molecular weight excluding hydrogens is 527 g/mol. The van der Waals surface area contributed by atoms with Gasteiger partial charge in [0, 0.05) is 82.8 Å². The Labute approximate surface area is 240 Å². The standard InChI is InChI=1S/C30H41FN6O4/c1-3-40-30(7-10-34(11-8-30)18-22(2)31)24-4-5-26(32-17-24)23-16-28-27(6-9-33-37(28)19-23)35-12-14-36(15-13-35)29(38)41-25-20-39-21-25/h4-6,9,16,19,22,24-25H,3,7-8,10-15,17-18,20-21H2,1-2H3/t22-,24?/m0/s1. The van der Waals surface area contributed by atoms with Crippen molar-refractivity contribution in [3.8, 4) is 0 Å². The smallest absolute Gasteiger partial charge is 0.410 e. The number of aromatic nitrogens is 2. The van der Waals surface area contributed by atoms with Gasteiger partial charge in [-0.15, -0.1) is 0 Å². The fraction of sp³-hybridized carbons (Fsp3) is 0.633. The molecule has 222 valence electrons. The highest BCUT2D eigenvalue weighted by Crippen LogP contribution is 2.37. The fourth-order valence-electron chi connectivity index (χ4n) is 6.46. The number of anilines is 1. The molecule has 2 aromatic heterocycles. The normalized spacial score (nSPS) is 24.3. The lowest BCUT2D eigenvalue weighted by atomic mass is 9.77. The van der Waals surface area contributed by atoms with Gasteiger partial charge in [0.05, 0.1) is 35.7 Å². The second-order valence-corrected chi connectivity index (χ2v) is 11.6. The Morgan fingerprint density at radius 1 is 1.20 bits per heavy atom. The maximum Gasteiger partial charge on any atom is 0.410 e. The third-order valence-electron chi connectivity index (χ3n) is 8.80. The first-order chi connectivity index (χ1) is 19.9. The van der Waals surface area contributed by atoms with Crippen molar-refractivity contribution in [2.24, 2.45) is 10.9 Å². The van der Waals surface area contributed by atoms with Gasteiger partial charge in [-0.25, -0.2) is 13.7 Å². The Kier molecular flexibility index (Phi) is 8.28. The number of carbonyl (C=O) groups excluding carboxylic acids is 1. The summed E-state index contributed by atoms with van der Waals surface area (Å²) in [6, 6.07) is 4.19. The number of alkyl halides is 1. The van der Waals surface area contributed by atoms with Gasteiger partial charge in [0.25, 0.3) is 0 Å². The van der Waals surface area contributed by atoms with E-state index in [9.17, 15) is 9.18 Å². The number of piperazine rings is 1. The zero-order valence-corrected chi connectivity index (χ0v) is 24.1. The Hall–Kier alpha value is -3.02. The Bertz CT molecular complexity index is 1280. The van der Waals surface area contributed by atoms with Gasteiger partial charge in [0.15, 0.2) is 6.10 Å². The van der Waals surface area contributed by atoms with Crippen molar-refractivity contribution in [1.82, 2.24) is 19.4 Å². The second kappa shape index (κ2) is 12.1. The van der Waals surface area contributed by atoms with Crippen LogP contribution in [0.25, 0.3) is 5.52 Å².